The summed E-state index contributed by atoms with van der Waals surface area (Å²) in [6, 6.07) is 11.9. The summed E-state index contributed by atoms with van der Waals surface area (Å²) >= 11 is 5.87. The molecule has 0 saturated carbocycles. The van der Waals surface area contributed by atoms with Crippen LogP contribution in [-0.2, 0) is 20.9 Å². The molecule has 2 aromatic carbocycles. The summed E-state index contributed by atoms with van der Waals surface area (Å²) in [6.07, 6.45) is -0.826. The summed E-state index contributed by atoms with van der Waals surface area (Å²) in [7, 11) is 4.35. The average molecular weight is 422 g/mol. The highest BCUT2D eigenvalue weighted by atomic mass is 35.5. The van der Waals surface area contributed by atoms with E-state index >= 15 is 0 Å². The number of carbonyl (C=O) groups excluding carboxylic acids is 2. The summed E-state index contributed by atoms with van der Waals surface area (Å²) in [5.41, 5.74) is 0.733. The average Bonchev–Trinajstić information content (AvgIpc) is 2.73. The number of carbonyl (C=O) groups is 2. The first kappa shape index (κ1) is 22.4. The fourth-order valence-electron chi connectivity index (χ4n) is 2.63. The van der Waals surface area contributed by atoms with Crippen LogP contribution in [0.4, 0.5) is 0 Å². The second-order valence-corrected chi connectivity index (χ2v) is 6.64. The van der Waals surface area contributed by atoms with Crippen molar-refractivity contribution in [3.8, 4) is 17.2 Å². The first-order valence-electron chi connectivity index (χ1n) is 8.86. The van der Waals surface area contributed by atoms with Gasteiger partial charge in [0.2, 0.25) is 0 Å². The van der Waals surface area contributed by atoms with Crippen LogP contribution in [0.2, 0.25) is 5.02 Å². The van der Waals surface area contributed by atoms with Crippen molar-refractivity contribution in [1.29, 1.82) is 0 Å². The minimum atomic E-state index is -0.826. The van der Waals surface area contributed by atoms with Crippen LogP contribution >= 0.6 is 11.6 Å². The van der Waals surface area contributed by atoms with Gasteiger partial charge in [-0.05, 0) is 48.9 Å². The van der Waals surface area contributed by atoms with Crippen LogP contribution in [0.3, 0.4) is 0 Å². The van der Waals surface area contributed by atoms with Gasteiger partial charge in [0.1, 0.15) is 23.8 Å². The van der Waals surface area contributed by atoms with E-state index in [0.717, 1.165) is 5.56 Å². The summed E-state index contributed by atoms with van der Waals surface area (Å²) < 4.78 is 21.0. The minimum absolute atomic E-state index is 0.149. The molecule has 0 aliphatic carbocycles. The molecule has 2 rings (SSSR count). The maximum atomic E-state index is 13.0. The third kappa shape index (κ3) is 6.57. The van der Waals surface area contributed by atoms with Gasteiger partial charge in [-0.2, -0.15) is 0 Å². The molecule has 1 unspecified atom stereocenters. The topological polar surface area (TPSA) is 74.3 Å². The smallest absolute Gasteiger partial charge is 0.325 e. The number of ether oxygens (including phenoxy) is 4. The van der Waals surface area contributed by atoms with Gasteiger partial charge in [0.05, 0.1) is 21.3 Å². The summed E-state index contributed by atoms with van der Waals surface area (Å²) in [5.74, 6) is 0.751. The molecule has 0 aliphatic rings. The largest absolute Gasteiger partial charge is 0.497 e. The highest BCUT2D eigenvalue weighted by molar-refractivity contribution is 6.30. The van der Waals surface area contributed by atoms with E-state index in [9.17, 15) is 9.59 Å². The third-order valence-electron chi connectivity index (χ3n) is 4.12. The SMILES string of the molecule is COC(=O)CN(Cc1cc(OC)cc(OC)c1)C(=O)C(C)Oc1ccc(Cl)cc1. The molecule has 156 valence electrons. The lowest BCUT2D eigenvalue weighted by atomic mass is 10.1. The highest BCUT2D eigenvalue weighted by Crippen LogP contribution is 2.24. The lowest BCUT2D eigenvalue weighted by molar-refractivity contribution is -0.150. The summed E-state index contributed by atoms with van der Waals surface area (Å²) in [4.78, 5) is 26.2. The van der Waals surface area contributed by atoms with Gasteiger partial charge in [0, 0.05) is 17.6 Å². The number of benzene rings is 2. The van der Waals surface area contributed by atoms with Crippen molar-refractivity contribution in [2.24, 2.45) is 0 Å². The molecule has 1 amide bonds. The molecule has 0 bridgehead atoms. The maximum Gasteiger partial charge on any atom is 0.325 e. The van der Waals surface area contributed by atoms with Gasteiger partial charge in [0.15, 0.2) is 6.10 Å². The zero-order chi connectivity index (χ0) is 21.4. The summed E-state index contributed by atoms with van der Waals surface area (Å²) in [5, 5.41) is 0.565. The first-order valence-corrected chi connectivity index (χ1v) is 9.23. The molecule has 0 heterocycles. The van der Waals surface area contributed by atoms with Crippen LogP contribution in [0, 0.1) is 0 Å². The van der Waals surface area contributed by atoms with E-state index in [0.29, 0.717) is 22.3 Å². The van der Waals surface area contributed by atoms with Crippen LogP contribution in [0.25, 0.3) is 0 Å². The van der Waals surface area contributed by atoms with E-state index in [1.807, 2.05) is 0 Å². The number of amides is 1. The van der Waals surface area contributed by atoms with Crippen molar-refractivity contribution in [1.82, 2.24) is 4.90 Å². The minimum Gasteiger partial charge on any atom is -0.497 e. The maximum absolute atomic E-state index is 13.0. The standard InChI is InChI=1S/C21H24ClNO6/c1-14(29-17-7-5-16(22)6-8-17)21(25)23(13-20(24)28-4)12-15-9-18(26-2)11-19(10-15)27-3/h5-11,14H,12-13H2,1-4H3. The van der Waals surface area contributed by atoms with Gasteiger partial charge in [-0.1, -0.05) is 11.6 Å². The van der Waals surface area contributed by atoms with Gasteiger partial charge < -0.3 is 23.8 Å². The molecule has 2 aromatic rings. The van der Waals surface area contributed by atoms with Gasteiger partial charge in [-0.3, -0.25) is 9.59 Å². The molecule has 29 heavy (non-hydrogen) atoms. The fourth-order valence-corrected chi connectivity index (χ4v) is 2.76. The molecule has 1 atom stereocenters. The molecule has 0 radical (unpaired) electrons. The second kappa shape index (κ2) is 10.6. The van der Waals surface area contributed by atoms with Crippen molar-refractivity contribution in [3.63, 3.8) is 0 Å². The van der Waals surface area contributed by atoms with E-state index in [-0.39, 0.29) is 19.0 Å². The molecular formula is C21H24ClNO6. The highest BCUT2D eigenvalue weighted by Gasteiger charge is 2.25. The van der Waals surface area contributed by atoms with Crippen LogP contribution in [-0.4, -0.2) is 50.8 Å². The zero-order valence-electron chi connectivity index (χ0n) is 16.8. The Morgan fingerprint density at radius 2 is 1.55 bits per heavy atom. The Balaban J connectivity index is 2.21. The molecule has 7 nitrogen and oxygen atoms in total. The van der Waals surface area contributed by atoms with E-state index in [1.165, 1.54) is 26.2 Å². The van der Waals surface area contributed by atoms with Crippen molar-refractivity contribution in [2.75, 3.05) is 27.9 Å². The van der Waals surface area contributed by atoms with Crippen LogP contribution in [0.15, 0.2) is 42.5 Å². The molecule has 0 aliphatic heterocycles. The van der Waals surface area contributed by atoms with E-state index in [1.54, 1.807) is 49.4 Å². The fraction of sp³-hybridized carbons (Fsp3) is 0.333. The Kier molecular flexibility index (Phi) is 8.15. The lowest BCUT2D eigenvalue weighted by Gasteiger charge is -2.25. The number of rotatable bonds is 9. The Morgan fingerprint density at radius 1 is 0.966 bits per heavy atom. The van der Waals surface area contributed by atoms with Gasteiger partial charge in [0.25, 0.3) is 5.91 Å². The number of nitrogens with zero attached hydrogens (tertiary/aromatic N) is 1. The van der Waals surface area contributed by atoms with Crippen LogP contribution < -0.4 is 14.2 Å². The van der Waals surface area contributed by atoms with E-state index in [4.69, 9.17) is 30.5 Å². The predicted molar refractivity (Wildman–Crippen MR) is 109 cm³/mol. The quantitative estimate of drug-likeness (QED) is 0.578. The van der Waals surface area contributed by atoms with Crippen molar-refractivity contribution in [2.45, 2.75) is 19.6 Å². The van der Waals surface area contributed by atoms with E-state index < -0.39 is 12.1 Å². The van der Waals surface area contributed by atoms with Gasteiger partial charge in [-0.15, -0.1) is 0 Å². The molecule has 0 N–H and O–H groups in total. The zero-order valence-corrected chi connectivity index (χ0v) is 17.6. The number of halogens is 1. The Morgan fingerprint density at radius 3 is 2.07 bits per heavy atom. The van der Waals surface area contributed by atoms with Crippen molar-refractivity contribution >= 4 is 23.5 Å². The molecule has 0 spiro atoms. The number of esters is 1. The number of hydrogen-bond acceptors (Lipinski definition) is 6. The Hall–Kier alpha value is -2.93. The molecule has 0 aromatic heterocycles. The van der Waals surface area contributed by atoms with Crippen LogP contribution in [0.1, 0.15) is 12.5 Å². The lowest BCUT2D eigenvalue weighted by Crippen LogP contribution is -2.43. The predicted octanol–water partition coefficient (Wildman–Crippen LogP) is 3.33. The summed E-state index contributed by atoms with van der Waals surface area (Å²) in [6.45, 7) is 1.55. The Labute approximate surface area is 175 Å². The molecule has 8 heteroatoms. The number of hydrogen-bond donors (Lipinski definition) is 0. The number of methoxy groups -OCH3 is 3. The van der Waals surface area contributed by atoms with Crippen LogP contribution in [0.5, 0.6) is 17.2 Å². The molecule has 0 saturated heterocycles. The normalized spacial score (nSPS) is 11.3. The van der Waals surface area contributed by atoms with Gasteiger partial charge in [-0.25, -0.2) is 0 Å². The first-order chi connectivity index (χ1) is 13.9. The van der Waals surface area contributed by atoms with Crippen molar-refractivity contribution in [3.05, 3.63) is 53.1 Å². The monoisotopic (exact) mass is 421 g/mol. The van der Waals surface area contributed by atoms with Crippen molar-refractivity contribution < 1.29 is 28.5 Å². The van der Waals surface area contributed by atoms with Gasteiger partial charge >= 0.3 is 5.97 Å². The molecular weight excluding hydrogens is 398 g/mol. The second-order valence-electron chi connectivity index (χ2n) is 6.21. The van der Waals surface area contributed by atoms with E-state index in [2.05, 4.69) is 0 Å². The Bertz CT molecular complexity index is 817. The molecule has 0 fully saturated rings. The third-order valence-corrected chi connectivity index (χ3v) is 4.37.